The molecular weight excluding hydrogens is 312 g/mol. The van der Waals surface area contributed by atoms with Crippen LogP contribution in [0.3, 0.4) is 0 Å². The Morgan fingerprint density at radius 2 is 2.29 bits per heavy atom. The Kier molecular flexibility index (Phi) is 3.51. The number of carbonyl (C=O) groups excluding carboxylic acids is 2. The molecule has 2 amide bonds. The maximum absolute atomic E-state index is 12.1. The van der Waals surface area contributed by atoms with Gasteiger partial charge in [0.25, 0.3) is 0 Å². The van der Waals surface area contributed by atoms with Gasteiger partial charge < -0.3 is 19.7 Å². The van der Waals surface area contributed by atoms with E-state index in [0.717, 1.165) is 36.0 Å². The van der Waals surface area contributed by atoms with Crippen molar-refractivity contribution in [3.05, 3.63) is 18.2 Å². The largest absolute Gasteiger partial charge is 0.483 e. The molecule has 1 fully saturated rings. The van der Waals surface area contributed by atoms with Gasteiger partial charge in [-0.1, -0.05) is 0 Å². The lowest BCUT2D eigenvalue weighted by atomic mass is 10.2. The van der Waals surface area contributed by atoms with Crippen molar-refractivity contribution < 1.29 is 19.1 Å². The number of amidine groups is 1. The zero-order chi connectivity index (χ0) is 16.7. The third-order valence-corrected chi connectivity index (χ3v) is 4.28. The van der Waals surface area contributed by atoms with Gasteiger partial charge in [0.2, 0.25) is 5.91 Å². The van der Waals surface area contributed by atoms with Gasteiger partial charge in [0.1, 0.15) is 24.3 Å². The molecule has 0 aliphatic carbocycles. The molecule has 1 aromatic rings. The summed E-state index contributed by atoms with van der Waals surface area (Å²) in [6, 6.07) is 5.68. The summed E-state index contributed by atoms with van der Waals surface area (Å²) in [4.78, 5) is 31.2. The number of nitrogens with zero attached hydrogens (tertiary/aromatic N) is 3. The minimum atomic E-state index is -0.412. The molecule has 0 radical (unpaired) electrons. The van der Waals surface area contributed by atoms with E-state index in [-0.39, 0.29) is 12.0 Å². The average Bonchev–Trinajstić information content (AvgIpc) is 3.18. The lowest BCUT2D eigenvalue weighted by Crippen LogP contribution is -2.36. The summed E-state index contributed by atoms with van der Waals surface area (Å²) >= 11 is 0. The van der Waals surface area contributed by atoms with Crippen LogP contribution in [0.5, 0.6) is 5.75 Å². The zero-order valence-electron chi connectivity index (χ0n) is 13.3. The first-order valence-electron chi connectivity index (χ1n) is 7.92. The van der Waals surface area contributed by atoms with E-state index in [0.29, 0.717) is 19.7 Å². The van der Waals surface area contributed by atoms with Crippen LogP contribution in [0.15, 0.2) is 23.2 Å². The zero-order valence-corrected chi connectivity index (χ0v) is 13.3. The molecule has 126 valence electrons. The van der Waals surface area contributed by atoms with Crippen LogP contribution in [-0.4, -0.2) is 56.7 Å². The molecular formula is C16H18N4O4. The van der Waals surface area contributed by atoms with Crippen molar-refractivity contribution in [3.8, 4) is 5.75 Å². The van der Waals surface area contributed by atoms with E-state index in [1.807, 2.05) is 18.2 Å². The van der Waals surface area contributed by atoms with Crippen molar-refractivity contribution in [1.29, 1.82) is 0 Å². The number of hydrogen-bond donors (Lipinski definition) is 1. The number of rotatable bonds is 3. The molecule has 0 spiro atoms. The minimum absolute atomic E-state index is 0.144. The Morgan fingerprint density at radius 1 is 1.42 bits per heavy atom. The van der Waals surface area contributed by atoms with Gasteiger partial charge >= 0.3 is 6.09 Å². The van der Waals surface area contributed by atoms with Crippen LogP contribution in [0.4, 0.5) is 16.2 Å². The summed E-state index contributed by atoms with van der Waals surface area (Å²) in [5.41, 5.74) is 1.70. The number of nitrogens with one attached hydrogen (secondary N) is 1. The number of hydrogen-bond acceptors (Lipinski definition) is 6. The van der Waals surface area contributed by atoms with Crippen LogP contribution in [-0.2, 0) is 9.53 Å². The molecule has 3 aliphatic heterocycles. The fraction of sp³-hybridized carbons (Fsp3) is 0.438. The van der Waals surface area contributed by atoms with Gasteiger partial charge in [-0.3, -0.25) is 14.7 Å². The highest BCUT2D eigenvalue weighted by Crippen LogP contribution is 2.37. The smallest absolute Gasteiger partial charge is 0.414 e. The monoisotopic (exact) mass is 330 g/mol. The first-order chi connectivity index (χ1) is 11.6. The van der Waals surface area contributed by atoms with Crippen LogP contribution in [0.2, 0.25) is 0 Å². The van der Waals surface area contributed by atoms with E-state index in [2.05, 4.69) is 15.2 Å². The van der Waals surface area contributed by atoms with Crippen LogP contribution in [0, 0.1) is 0 Å². The second-order valence-corrected chi connectivity index (χ2v) is 5.94. The molecule has 0 bridgehead atoms. The number of aliphatic imine (C=N–C) groups is 1. The average molecular weight is 330 g/mol. The summed E-state index contributed by atoms with van der Waals surface area (Å²) in [6.07, 6.45) is -0.764. The van der Waals surface area contributed by atoms with E-state index >= 15 is 0 Å². The van der Waals surface area contributed by atoms with Gasteiger partial charge in [-0.25, -0.2) is 4.79 Å². The minimum Gasteiger partial charge on any atom is -0.483 e. The van der Waals surface area contributed by atoms with Crippen molar-refractivity contribution >= 4 is 29.2 Å². The number of fused-ring (bicyclic) bond motifs is 3. The quantitative estimate of drug-likeness (QED) is 0.884. The van der Waals surface area contributed by atoms with E-state index < -0.39 is 6.09 Å². The molecule has 0 unspecified atom stereocenters. The first kappa shape index (κ1) is 14.8. The molecule has 24 heavy (non-hydrogen) atoms. The molecule has 0 saturated carbocycles. The fourth-order valence-corrected chi connectivity index (χ4v) is 3.12. The molecule has 3 aliphatic rings. The summed E-state index contributed by atoms with van der Waals surface area (Å²) in [6.45, 7) is 4.23. The van der Waals surface area contributed by atoms with Crippen LogP contribution in [0.1, 0.15) is 6.92 Å². The predicted molar refractivity (Wildman–Crippen MR) is 87.9 cm³/mol. The molecule has 0 aromatic heterocycles. The molecule has 3 heterocycles. The summed E-state index contributed by atoms with van der Waals surface area (Å²) < 4.78 is 11.1. The normalized spacial score (nSPS) is 21.6. The van der Waals surface area contributed by atoms with E-state index in [1.165, 1.54) is 6.92 Å². The molecule has 8 nitrogen and oxygen atoms in total. The molecule has 4 rings (SSSR count). The number of benzene rings is 1. The maximum Gasteiger partial charge on any atom is 0.414 e. The Hall–Kier alpha value is -2.77. The van der Waals surface area contributed by atoms with Crippen molar-refractivity contribution in [2.75, 3.05) is 42.6 Å². The standard InChI is InChI=1S/C16H18N4O4/c1-10(21)18-7-12-8-20(16(22)24-12)11-2-3-13-14(6-11)23-9-15-17-4-5-19(13)15/h2-3,6,12H,4-5,7-9H2,1H3,(H,18,21)/t12-/m0/s1. The number of ether oxygens (including phenoxy) is 2. The van der Waals surface area contributed by atoms with E-state index in [9.17, 15) is 9.59 Å². The number of amides is 2. The molecule has 1 saturated heterocycles. The SMILES string of the molecule is CC(=O)NC[C@H]1CN(c2ccc3c(c2)OCC2=NCCN23)C(=O)O1. The molecule has 1 aromatic carbocycles. The van der Waals surface area contributed by atoms with Crippen molar-refractivity contribution in [3.63, 3.8) is 0 Å². The lowest BCUT2D eigenvalue weighted by molar-refractivity contribution is -0.119. The summed E-state index contributed by atoms with van der Waals surface area (Å²) in [5.74, 6) is 1.55. The third-order valence-electron chi connectivity index (χ3n) is 4.28. The maximum atomic E-state index is 12.1. The number of cyclic esters (lactones) is 1. The Labute approximate surface area is 139 Å². The van der Waals surface area contributed by atoms with Crippen LogP contribution >= 0.6 is 0 Å². The third kappa shape index (κ3) is 2.53. The van der Waals surface area contributed by atoms with Gasteiger partial charge in [-0.15, -0.1) is 0 Å². The van der Waals surface area contributed by atoms with E-state index in [1.54, 1.807) is 4.90 Å². The van der Waals surface area contributed by atoms with Gasteiger partial charge in [0, 0.05) is 19.5 Å². The molecule has 1 N–H and O–H groups in total. The second-order valence-electron chi connectivity index (χ2n) is 5.94. The van der Waals surface area contributed by atoms with Crippen molar-refractivity contribution in [2.24, 2.45) is 4.99 Å². The van der Waals surface area contributed by atoms with Crippen molar-refractivity contribution in [1.82, 2.24) is 5.32 Å². The van der Waals surface area contributed by atoms with Crippen LogP contribution in [0.25, 0.3) is 0 Å². The summed E-state index contributed by atoms with van der Waals surface area (Å²) in [5, 5.41) is 2.67. The Balaban J connectivity index is 1.52. The van der Waals surface area contributed by atoms with Gasteiger partial charge in [-0.05, 0) is 12.1 Å². The highest BCUT2D eigenvalue weighted by molar-refractivity contribution is 6.03. The summed E-state index contributed by atoms with van der Waals surface area (Å²) in [7, 11) is 0. The van der Waals surface area contributed by atoms with Gasteiger partial charge in [0.05, 0.1) is 31.0 Å². The molecule has 8 heteroatoms. The first-order valence-corrected chi connectivity index (χ1v) is 7.92. The number of carbonyl (C=O) groups is 2. The molecule has 1 atom stereocenters. The van der Waals surface area contributed by atoms with Crippen LogP contribution < -0.4 is 19.9 Å². The predicted octanol–water partition coefficient (Wildman–Crippen LogP) is 0.759. The fourth-order valence-electron chi connectivity index (χ4n) is 3.12. The lowest BCUT2D eigenvalue weighted by Gasteiger charge is -2.29. The second kappa shape index (κ2) is 5.70. The van der Waals surface area contributed by atoms with E-state index in [4.69, 9.17) is 9.47 Å². The highest BCUT2D eigenvalue weighted by atomic mass is 16.6. The topological polar surface area (TPSA) is 83.5 Å². The number of anilines is 2. The van der Waals surface area contributed by atoms with Gasteiger partial charge in [0.15, 0.2) is 0 Å². The Morgan fingerprint density at radius 3 is 3.12 bits per heavy atom. The van der Waals surface area contributed by atoms with Crippen molar-refractivity contribution in [2.45, 2.75) is 13.0 Å². The highest BCUT2D eigenvalue weighted by Gasteiger charge is 2.34. The van der Waals surface area contributed by atoms with Gasteiger partial charge in [-0.2, -0.15) is 0 Å². The Bertz CT molecular complexity index is 733.